The first kappa shape index (κ1) is 7.24. The second kappa shape index (κ2) is 3.34. The van der Waals surface area contributed by atoms with E-state index in [1.165, 1.54) is 0 Å². The maximum atomic E-state index is 8.51. The van der Waals surface area contributed by atoms with Crippen LogP contribution in [-0.4, -0.2) is 24.0 Å². The zero-order valence-electron chi connectivity index (χ0n) is 5.57. The summed E-state index contributed by atoms with van der Waals surface area (Å²) >= 11 is 0. The first-order valence-corrected chi connectivity index (χ1v) is 3.15. The topological polar surface area (TPSA) is 72.7 Å². The van der Waals surface area contributed by atoms with Crippen LogP contribution in [0.4, 0.5) is 0 Å². The number of aliphatic hydroxyl groups is 1. The van der Waals surface area contributed by atoms with Gasteiger partial charge in [-0.3, -0.25) is 0 Å². The normalized spacial score (nSPS) is 18.4. The fourth-order valence-corrected chi connectivity index (χ4v) is 0.728. The smallest absolute Gasteiger partial charge is 0.0814 e. The molecule has 1 aliphatic heterocycles. The third-order valence-electron chi connectivity index (χ3n) is 1.31. The van der Waals surface area contributed by atoms with Crippen LogP contribution in [0.5, 0.6) is 0 Å². The summed E-state index contributed by atoms with van der Waals surface area (Å²) < 4.78 is 0. The van der Waals surface area contributed by atoms with Crippen LogP contribution in [-0.2, 0) is 0 Å². The molecule has 0 bridgehead atoms. The van der Waals surface area contributed by atoms with Crippen LogP contribution in [0.25, 0.3) is 0 Å². The number of hydrogen-bond acceptors (Lipinski definition) is 3. The molecule has 0 amide bonds. The molecular formula is C6H10N3O. The molecular weight excluding hydrogens is 130 g/mol. The Hall–Kier alpha value is -0.870. The van der Waals surface area contributed by atoms with Crippen LogP contribution < -0.4 is 11.2 Å². The first-order chi connectivity index (χ1) is 4.84. The van der Waals surface area contributed by atoms with Crippen molar-refractivity contribution in [2.45, 2.75) is 12.5 Å². The Labute approximate surface area is 59.4 Å². The molecule has 0 saturated carbocycles. The van der Waals surface area contributed by atoms with Crippen molar-refractivity contribution in [3.8, 4) is 0 Å². The third-order valence-corrected chi connectivity index (χ3v) is 1.31. The molecule has 1 rings (SSSR count). The quantitative estimate of drug-likeness (QED) is 0.537. The standard InChI is InChI=1S/C6H10N3O/c7-5(2-4-10)6-1-3-8-9-6/h1,3,5,10H,2,4,7H2. The molecule has 1 heterocycles. The summed E-state index contributed by atoms with van der Waals surface area (Å²) in [5, 5.41) is 12.1. The number of nitrogens with two attached hydrogens (primary N) is 1. The van der Waals surface area contributed by atoms with Crippen LogP contribution in [0.1, 0.15) is 6.42 Å². The lowest BCUT2D eigenvalue weighted by atomic mass is 10.1. The van der Waals surface area contributed by atoms with E-state index < -0.39 is 0 Å². The minimum Gasteiger partial charge on any atom is -0.396 e. The molecule has 0 spiro atoms. The Bertz CT molecular complexity index is 164. The van der Waals surface area contributed by atoms with Crippen LogP contribution in [0.2, 0.25) is 0 Å². The molecule has 1 atom stereocenters. The van der Waals surface area contributed by atoms with Gasteiger partial charge in [-0.1, -0.05) is 0 Å². The Balaban J connectivity index is 2.35. The van der Waals surface area contributed by atoms with Gasteiger partial charge in [0, 0.05) is 6.61 Å². The Morgan fingerprint density at radius 2 is 2.50 bits per heavy atom. The lowest BCUT2D eigenvalue weighted by molar-refractivity contribution is 0.280. The summed E-state index contributed by atoms with van der Waals surface area (Å²) in [6.45, 7) is 0.0913. The average Bonchev–Trinajstić information content (AvgIpc) is 2.38. The van der Waals surface area contributed by atoms with Gasteiger partial charge in [0.1, 0.15) is 0 Å². The van der Waals surface area contributed by atoms with Crippen LogP contribution in [0, 0.1) is 0 Å². The number of rotatable bonds is 3. The van der Waals surface area contributed by atoms with E-state index >= 15 is 0 Å². The van der Waals surface area contributed by atoms with Gasteiger partial charge < -0.3 is 10.8 Å². The summed E-state index contributed by atoms with van der Waals surface area (Å²) in [4.78, 5) is 0. The number of allylic oxidation sites excluding steroid dienone is 1. The van der Waals surface area contributed by atoms with Crippen molar-refractivity contribution in [3.63, 3.8) is 0 Å². The van der Waals surface area contributed by atoms with Crippen molar-refractivity contribution in [3.05, 3.63) is 11.8 Å². The van der Waals surface area contributed by atoms with Gasteiger partial charge in [-0.25, -0.2) is 0 Å². The summed E-state index contributed by atoms with van der Waals surface area (Å²) in [5.74, 6) is 0. The minimum absolute atomic E-state index is 0.0913. The lowest BCUT2D eigenvalue weighted by Gasteiger charge is -2.07. The molecule has 3 N–H and O–H groups in total. The van der Waals surface area contributed by atoms with Crippen molar-refractivity contribution in [2.75, 3.05) is 6.61 Å². The van der Waals surface area contributed by atoms with Gasteiger partial charge in [0.2, 0.25) is 0 Å². The van der Waals surface area contributed by atoms with Crippen LogP contribution >= 0.6 is 0 Å². The summed E-state index contributed by atoms with van der Waals surface area (Å²) in [7, 11) is 0. The maximum Gasteiger partial charge on any atom is 0.0814 e. The highest BCUT2D eigenvalue weighted by atomic mass is 16.3. The largest absolute Gasteiger partial charge is 0.396 e. The van der Waals surface area contributed by atoms with Crippen molar-refractivity contribution in [2.24, 2.45) is 10.8 Å². The summed E-state index contributed by atoms with van der Waals surface area (Å²) in [6.07, 6.45) is 3.88. The molecule has 1 radical (unpaired) electrons. The number of hydrogen-bond donors (Lipinski definition) is 2. The van der Waals surface area contributed by atoms with E-state index in [2.05, 4.69) is 10.5 Å². The molecule has 0 fully saturated rings. The number of nitrogens with zero attached hydrogens (tertiary/aromatic N) is 2. The zero-order valence-corrected chi connectivity index (χ0v) is 5.57. The highest BCUT2D eigenvalue weighted by molar-refractivity contribution is 5.74. The summed E-state index contributed by atoms with van der Waals surface area (Å²) in [6, 6.07) is -0.174. The molecule has 55 valence electrons. The Morgan fingerprint density at radius 1 is 1.70 bits per heavy atom. The van der Waals surface area contributed by atoms with Gasteiger partial charge in [0.25, 0.3) is 0 Å². The molecule has 0 aromatic carbocycles. The van der Waals surface area contributed by atoms with Gasteiger partial charge in [-0.05, 0) is 12.5 Å². The SMILES string of the molecule is NC(CCO)C1=CC=N[N]1. The Morgan fingerprint density at radius 3 is 3.00 bits per heavy atom. The summed E-state index contributed by atoms with van der Waals surface area (Å²) in [5.41, 5.74) is 10.1. The molecule has 4 heteroatoms. The minimum atomic E-state index is -0.174. The van der Waals surface area contributed by atoms with Crippen LogP contribution in [0.15, 0.2) is 16.9 Å². The Kier molecular flexibility index (Phi) is 2.42. The van der Waals surface area contributed by atoms with Crippen molar-refractivity contribution in [1.82, 2.24) is 5.43 Å². The van der Waals surface area contributed by atoms with Gasteiger partial charge >= 0.3 is 0 Å². The molecule has 0 aromatic rings. The fraction of sp³-hybridized carbons (Fsp3) is 0.500. The first-order valence-electron chi connectivity index (χ1n) is 3.15. The highest BCUT2D eigenvalue weighted by Gasteiger charge is 2.10. The van der Waals surface area contributed by atoms with Gasteiger partial charge in [-0.2, -0.15) is 10.5 Å². The predicted molar refractivity (Wildman–Crippen MR) is 38.4 cm³/mol. The maximum absolute atomic E-state index is 8.51. The van der Waals surface area contributed by atoms with Crippen molar-refractivity contribution in [1.29, 1.82) is 0 Å². The predicted octanol–water partition coefficient (Wildman–Crippen LogP) is -0.816. The molecule has 0 aliphatic carbocycles. The van der Waals surface area contributed by atoms with Gasteiger partial charge in [0.15, 0.2) is 0 Å². The third kappa shape index (κ3) is 1.55. The average molecular weight is 140 g/mol. The van der Waals surface area contributed by atoms with E-state index in [1.807, 2.05) is 0 Å². The highest BCUT2D eigenvalue weighted by Crippen LogP contribution is 2.03. The van der Waals surface area contributed by atoms with E-state index in [9.17, 15) is 0 Å². The second-order valence-corrected chi connectivity index (χ2v) is 2.07. The van der Waals surface area contributed by atoms with E-state index in [1.54, 1.807) is 12.3 Å². The monoisotopic (exact) mass is 140 g/mol. The molecule has 1 aliphatic rings. The lowest BCUT2D eigenvalue weighted by Crippen LogP contribution is -2.26. The van der Waals surface area contributed by atoms with Gasteiger partial charge in [0.05, 0.1) is 18.0 Å². The van der Waals surface area contributed by atoms with E-state index in [-0.39, 0.29) is 12.6 Å². The molecule has 0 saturated heterocycles. The molecule has 0 aromatic heterocycles. The fourth-order valence-electron chi connectivity index (χ4n) is 0.728. The molecule has 10 heavy (non-hydrogen) atoms. The molecule has 4 nitrogen and oxygen atoms in total. The van der Waals surface area contributed by atoms with E-state index in [0.717, 1.165) is 5.70 Å². The molecule has 1 unspecified atom stereocenters. The van der Waals surface area contributed by atoms with Crippen LogP contribution in [0.3, 0.4) is 0 Å². The second-order valence-electron chi connectivity index (χ2n) is 2.07. The van der Waals surface area contributed by atoms with E-state index in [0.29, 0.717) is 6.42 Å². The zero-order chi connectivity index (χ0) is 7.40. The number of aliphatic hydroxyl groups excluding tert-OH is 1. The van der Waals surface area contributed by atoms with Gasteiger partial charge in [-0.15, -0.1) is 0 Å². The van der Waals surface area contributed by atoms with E-state index in [4.69, 9.17) is 10.8 Å². The van der Waals surface area contributed by atoms with Crippen molar-refractivity contribution < 1.29 is 5.11 Å². The van der Waals surface area contributed by atoms with Crippen molar-refractivity contribution >= 4 is 6.21 Å².